The van der Waals surface area contributed by atoms with Crippen molar-refractivity contribution < 1.29 is 0 Å². The second kappa shape index (κ2) is 6.02. The number of hydrogen-bond donors (Lipinski definition) is 0. The third-order valence-corrected chi connectivity index (χ3v) is 4.38. The lowest BCUT2D eigenvalue weighted by atomic mass is 10.1. The summed E-state index contributed by atoms with van der Waals surface area (Å²) in [6, 6.07) is 15.4. The molecule has 3 heterocycles. The Balaban J connectivity index is 2.03. The molecule has 0 saturated heterocycles. The van der Waals surface area contributed by atoms with Gasteiger partial charge >= 0.3 is 0 Å². The summed E-state index contributed by atoms with van der Waals surface area (Å²) in [7, 11) is 0. The van der Waals surface area contributed by atoms with Gasteiger partial charge in [0.1, 0.15) is 5.65 Å². The zero-order chi connectivity index (χ0) is 17.4. The van der Waals surface area contributed by atoms with E-state index in [1.54, 1.807) is 23.0 Å². The van der Waals surface area contributed by atoms with Crippen LogP contribution >= 0.6 is 0 Å². The molecule has 5 heteroatoms. The van der Waals surface area contributed by atoms with E-state index in [-0.39, 0.29) is 5.56 Å². The van der Waals surface area contributed by atoms with Crippen LogP contribution in [0.5, 0.6) is 0 Å². The van der Waals surface area contributed by atoms with Gasteiger partial charge in [0.15, 0.2) is 0 Å². The average molecular weight is 330 g/mol. The molecule has 0 saturated carbocycles. The Kier molecular flexibility index (Phi) is 3.69. The Hall–Kier alpha value is -3.21. The maximum Gasteiger partial charge on any atom is 0.252 e. The molecule has 0 bridgehead atoms. The molecule has 0 aliphatic carbocycles. The highest BCUT2D eigenvalue weighted by atomic mass is 16.1. The predicted molar refractivity (Wildman–Crippen MR) is 98.1 cm³/mol. The molecule has 0 radical (unpaired) electrons. The van der Waals surface area contributed by atoms with Gasteiger partial charge in [-0.25, -0.2) is 4.68 Å². The first-order valence-corrected chi connectivity index (χ1v) is 8.19. The largest absolute Gasteiger partial charge is 0.288 e. The Bertz CT molecular complexity index is 1100. The van der Waals surface area contributed by atoms with Crippen molar-refractivity contribution >= 4 is 11.0 Å². The third-order valence-electron chi connectivity index (χ3n) is 4.38. The van der Waals surface area contributed by atoms with E-state index >= 15 is 0 Å². The van der Waals surface area contributed by atoms with Crippen LogP contribution < -0.4 is 5.56 Å². The summed E-state index contributed by atoms with van der Waals surface area (Å²) in [5, 5.41) is 5.73. The van der Waals surface area contributed by atoms with Gasteiger partial charge in [-0.1, -0.05) is 18.2 Å². The van der Waals surface area contributed by atoms with Crippen molar-refractivity contribution in [2.75, 3.05) is 0 Å². The van der Waals surface area contributed by atoms with Gasteiger partial charge in [0.25, 0.3) is 5.56 Å². The van der Waals surface area contributed by atoms with Crippen LogP contribution in [0.4, 0.5) is 0 Å². The molecule has 124 valence electrons. The number of aryl methyl sites for hydroxylation is 2. The summed E-state index contributed by atoms with van der Waals surface area (Å²) in [6.45, 7) is 4.43. The SMILES string of the molecule is Cc1cc(=O)n(Cc2ccncc2)c2c1c(C)nn2-c1ccccc1. The topological polar surface area (TPSA) is 52.7 Å². The molecule has 0 N–H and O–H groups in total. The van der Waals surface area contributed by atoms with Gasteiger partial charge in [-0.2, -0.15) is 5.10 Å². The van der Waals surface area contributed by atoms with Gasteiger partial charge in [-0.05, 0) is 49.2 Å². The van der Waals surface area contributed by atoms with Crippen LogP contribution in [0.1, 0.15) is 16.8 Å². The monoisotopic (exact) mass is 330 g/mol. The molecule has 0 spiro atoms. The second-order valence-corrected chi connectivity index (χ2v) is 6.14. The van der Waals surface area contributed by atoms with Gasteiger partial charge in [0, 0.05) is 23.8 Å². The molecule has 4 rings (SSSR count). The standard InChI is InChI=1S/C20H18N4O/c1-14-12-18(25)23(13-16-8-10-21-11-9-16)20-19(14)15(2)22-24(20)17-6-4-3-5-7-17/h3-12H,13H2,1-2H3. The van der Waals surface area contributed by atoms with Gasteiger partial charge < -0.3 is 0 Å². The second-order valence-electron chi connectivity index (χ2n) is 6.14. The van der Waals surface area contributed by atoms with Crippen LogP contribution in [0.2, 0.25) is 0 Å². The molecule has 3 aromatic heterocycles. The van der Waals surface area contributed by atoms with Crippen molar-refractivity contribution in [2.45, 2.75) is 20.4 Å². The smallest absolute Gasteiger partial charge is 0.252 e. The molecule has 0 aliphatic heterocycles. The summed E-state index contributed by atoms with van der Waals surface area (Å²) in [4.78, 5) is 16.8. The Morgan fingerprint density at radius 3 is 2.44 bits per heavy atom. The third kappa shape index (κ3) is 2.63. The van der Waals surface area contributed by atoms with Crippen molar-refractivity contribution in [3.05, 3.63) is 88.1 Å². The minimum atomic E-state index is -0.0288. The fourth-order valence-corrected chi connectivity index (χ4v) is 3.24. The van der Waals surface area contributed by atoms with Gasteiger partial charge in [-0.15, -0.1) is 0 Å². The fraction of sp³-hybridized carbons (Fsp3) is 0.150. The highest BCUT2D eigenvalue weighted by Crippen LogP contribution is 2.24. The Labute approximate surface area is 145 Å². The van der Waals surface area contributed by atoms with Gasteiger partial charge in [0.2, 0.25) is 0 Å². The summed E-state index contributed by atoms with van der Waals surface area (Å²) >= 11 is 0. The lowest BCUT2D eigenvalue weighted by Crippen LogP contribution is -2.22. The molecule has 0 aliphatic rings. The predicted octanol–water partition coefficient (Wildman–Crippen LogP) is 3.25. The van der Waals surface area contributed by atoms with Gasteiger partial charge in [0.05, 0.1) is 17.9 Å². The molecule has 4 aromatic rings. The van der Waals surface area contributed by atoms with E-state index < -0.39 is 0 Å². The molecule has 0 amide bonds. The van der Waals surface area contributed by atoms with Crippen LogP contribution in [-0.2, 0) is 6.54 Å². The maximum atomic E-state index is 12.8. The lowest BCUT2D eigenvalue weighted by molar-refractivity contribution is 0.749. The molecule has 25 heavy (non-hydrogen) atoms. The van der Waals surface area contributed by atoms with E-state index in [9.17, 15) is 4.79 Å². The minimum Gasteiger partial charge on any atom is -0.288 e. The number of pyridine rings is 2. The summed E-state index contributed by atoms with van der Waals surface area (Å²) in [5.41, 5.74) is 4.63. The van der Waals surface area contributed by atoms with Gasteiger partial charge in [-0.3, -0.25) is 14.3 Å². The number of fused-ring (bicyclic) bond motifs is 1. The molecular formula is C20H18N4O. The van der Waals surface area contributed by atoms with E-state index in [4.69, 9.17) is 5.10 Å². The lowest BCUT2D eigenvalue weighted by Gasteiger charge is -2.12. The first-order valence-electron chi connectivity index (χ1n) is 8.19. The number of aromatic nitrogens is 4. The minimum absolute atomic E-state index is 0.0288. The molecule has 0 atom stereocenters. The molecule has 5 nitrogen and oxygen atoms in total. The van der Waals surface area contributed by atoms with Crippen molar-refractivity contribution in [1.82, 2.24) is 19.3 Å². The summed E-state index contributed by atoms with van der Waals surface area (Å²) < 4.78 is 3.64. The van der Waals surface area contributed by atoms with Crippen molar-refractivity contribution in [1.29, 1.82) is 0 Å². The molecule has 1 aromatic carbocycles. The number of benzene rings is 1. The fourth-order valence-electron chi connectivity index (χ4n) is 3.24. The number of para-hydroxylation sites is 1. The highest BCUT2D eigenvalue weighted by Gasteiger charge is 2.17. The normalized spacial score (nSPS) is 11.1. The average Bonchev–Trinajstić information content (AvgIpc) is 2.98. The van der Waals surface area contributed by atoms with Crippen molar-refractivity contribution in [3.8, 4) is 5.69 Å². The summed E-state index contributed by atoms with van der Waals surface area (Å²) in [6.07, 6.45) is 3.48. The van der Waals surface area contributed by atoms with E-state index in [0.717, 1.165) is 33.5 Å². The van der Waals surface area contributed by atoms with Crippen molar-refractivity contribution in [3.63, 3.8) is 0 Å². The number of rotatable bonds is 3. The first kappa shape index (κ1) is 15.3. The Morgan fingerprint density at radius 2 is 1.72 bits per heavy atom. The van der Waals surface area contributed by atoms with Crippen molar-refractivity contribution in [2.24, 2.45) is 0 Å². The zero-order valence-electron chi connectivity index (χ0n) is 14.2. The maximum absolute atomic E-state index is 12.8. The van der Waals surface area contributed by atoms with E-state index in [2.05, 4.69) is 4.98 Å². The Morgan fingerprint density at radius 1 is 1.00 bits per heavy atom. The van der Waals surface area contributed by atoms with Crippen LogP contribution in [0.15, 0.2) is 65.7 Å². The number of hydrogen-bond acceptors (Lipinski definition) is 3. The zero-order valence-corrected chi connectivity index (χ0v) is 14.2. The summed E-state index contributed by atoms with van der Waals surface area (Å²) in [5.74, 6) is 0. The van der Waals surface area contributed by atoms with Crippen LogP contribution in [0.25, 0.3) is 16.7 Å². The molecule has 0 unspecified atom stereocenters. The quantitative estimate of drug-likeness (QED) is 0.579. The molecular weight excluding hydrogens is 312 g/mol. The van der Waals surface area contributed by atoms with Crippen LogP contribution in [0.3, 0.4) is 0 Å². The van der Waals surface area contributed by atoms with Crippen LogP contribution in [-0.4, -0.2) is 19.3 Å². The first-order chi connectivity index (χ1) is 12.1. The van der Waals surface area contributed by atoms with E-state index in [1.165, 1.54) is 0 Å². The highest BCUT2D eigenvalue weighted by molar-refractivity contribution is 5.83. The molecule has 0 fully saturated rings. The van der Waals surface area contributed by atoms with E-state index in [1.807, 2.05) is 61.0 Å². The van der Waals surface area contributed by atoms with Crippen LogP contribution in [0, 0.1) is 13.8 Å². The van der Waals surface area contributed by atoms with E-state index in [0.29, 0.717) is 6.54 Å². The number of nitrogens with zero attached hydrogens (tertiary/aromatic N) is 4.